The number of alkyl halides is 3. The number of hydrogen-bond acceptors (Lipinski definition) is 6. The summed E-state index contributed by atoms with van der Waals surface area (Å²) < 4.78 is 45.5. The Hall–Kier alpha value is -3.21. The summed E-state index contributed by atoms with van der Waals surface area (Å²) in [7, 11) is 0. The predicted octanol–water partition coefficient (Wildman–Crippen LogP) is 4.58. The lowest BCUT2D eigenvalue weighted by Gasteiger charge is -2.21. The number of halogens is 3. The first-order valence-corrected chi connectivity index (χ1v) is 10.7. The number of nitrogens with zero attached hydrogens (tertiary/aromatic N) is 5. The molecule has 0 spiro atoms. The number of aryl methyl sites for hydroxylation is 2. The van der Waals surface area contributed by atoms with Crippen LogP contribution >= 0.6 is 11.3 Å². The van der Waals surface area contributed by atoms with Crippen LogP contribution in [0.25, 0.3) is 5.78 Å². The SMILES string of the molecule is Cc1nc2nc(C(F)(F)F)nn2c(C)c1CCC(=O)N(Cc1ccco1)Cc1cccs1. The second kappa shape index (κ2) is 8.73. The van der Waals surface area contributed by atoms with E-state index in [1.807, 2.05) is 23.6 Å². The summed E-state index contributed by atoms with van der Waals surface area (Å²) in [6, 6.07) is 7.46. The van der Waals surface area contributed by atoms with E-state index in [0.717, 1.165) is 9.39 Å². The average Bonchev–Trinajstić information content (AvgIpc) is 3.48. The van der Waals surface area contributed by atoms with Crippen molar-refractivity contribution in [1.82, 2.24) is 24.5 Å². The van der Waals surface area contributed by atoms with Crippen molar-refractivity contribution < 1.29 is 22.4 Å². The van der Waals surface area contributed by atoms with Gasteiger partial charge in [-0.05, 0) is 49.4 Å². The molecule has 4 aromatic rings. The molecule has 0 atom stereocenters. The lowest BCUT2D eigenvalue weighted by molar-refractivity contribution is -0.144. The molecular weight excluding hydrogens is 443 g/mol. The number of furan rings is 1. The van der Waals surface area contributed by atoms with Gasteiger partial charge in [0.2, 0.25) is 5.91 Å². The van der Waals surface area contributed by atoms with Crippen LogP contribution in [0, 0.1) is 13.8 Å². The smallest absolute Gasteiger partial charge is 0.453 e. The number of fused-ring (bicyclic) bond motifs is 1. The normalized spacial score (nSPS) is 11.9. The maximum Gasteiger partial charge on any atom is 0.453 e. The molecule has 0 unspecified atom stereocenters. The van der Waals surface area contributed by atoms with E-state index in [9.17, 15) is 18.0 Å². The van der Waals surface area contributed by atoms with E-state index in [0.29, 0.717) is 42.2 Å². The molecule has 0 aliphatic rings. The van der Waals surface area contributed by atoms with Crippen LogP contribution in [0.15, 0.2) is 40.3 Å². The molecule has 0 aromatic carbocycles. The van der Waals surface area contributed by atoms with Crippen LogP contribution in [0.1, 0.15) is 39.8 Å². The Morgan fingerprint density at radius 2 is 2.00 bits per heavy atom. The number of amides is 1. The van der Waals surface area contributed by atoms with E-state index in [1.165, 1.54) is 0 Å². The highest BCUT2D eigenvalue weighted by atomic mass is 32.1. The van der Waals surface area contributed by atoms with Crippen LogP contribution in [0.4, 0.5) is 13.2 Å². The fourth-order valence-corrected chi connectivity index (χ4v) is 4.21. The molecule has 4 rings (SSSR count). The molecule has 0 bridgehead atoms. The molecule has 4 heterocycles. The van der Waals surface area contributed by atoms with Crippen LogP contribution in [0.3, 0.4) is 0 Å². The zero-order valence-corrected chi connectivity index (χ0v) is 18.2. The Morgan fingerprint density at radius 3 is 2.66 bits per heavy atom. The third kappa shape index (κ3) is 4.67. The standard InChI is InChI=1S/C21H20F3N5O2S/c1-13-17(14(2)29-20(25-13)26-19(27-29)21(22,23)24)7-8-18(30)28(11-15-5-3-9-31-15)12-16-6-4-10-32-16/h3-6,9-10H,7-8,11-12H2,1-2H3. The summed E-state index contributed by atoms with van der Waals surface area (Å²) in [6.07, 6.45) is -2.61. The van der Waals surface area contributed by atoms with Crippen LogP contribution in [-0.2, 0) is 30.5 Å². The number of carbonyl (C=O) groups is 1. The van der Waals surface area contributed by atoms with Gasteiger partial charge < -0.3 is 9.32 Å². The molecule has 4 aromatic heterocycles. The Kier molecular flexibility index (Phi) is 6.00. The van der Waals surface area contributed by atoms with Gasteiger partial charge in [-0.1, -0.05) is 6.07 Å². The lowest BCUT2D eigenvalue weighted by atomic mass is 10.1. The molecule has 0 fully saturated rings. The van der Waals surface area contributed by atoms with Crippen molar-refractivity contribution in [1.29, 1.82) is 0 Å². The summed E-state index contributed by atoms with van der Waals surface area (Å²) in [5.74, 6) is -0.767. The first-order chi connectivity index (χ1) is 15.2. The minimum atomic E-state index is -4.65. The van der Waals surface area contributed by atoms with E-state index in [1.54, 1.807) is 42.4 Å². The van der Waals surface area contributed by atoms with Gasteiger partial charge in [0.15, 0.2) is 0 Å². The van der Waals surface area contributed by atoms with E-state index < -0.39 is 12.0 Å². The molecule has 7 nitrogen and oxygen atoms in total. The van der Waals surface area contributed by atoms with Gasteiger partial charge in [-0.3, -0.25) is 4.79 Å². The van der Waals surface area contributed by atoms with Crippen molar-refractivity contribution in [3.63, 3.8) is 0 Å². The van der Waals surface area contributed by atoms with Gasteiger partial charge in [0.05, 0.1) is 19.4 Å². The van der Waals surface area contributed by atoms with Crippen LogP contribution in [0.5, 0.6) is 0 Å². The van der Waals surface area contributed by atoms with Gasteiger partial charge in [0.1, 0.15) is 5.76 Å². The summed E-state index contributed by atoms with van der Waals surface area (Å²) in [5.41, 5.74) is 1.69. The van der Waals surface area contributed by atoms with E-state index >= 15 is 0 Å². The first-order valence-electron chi connectivity index (χ1n) is 9.85. The molecule has 1 amide bonds. The lowest BCUT2D eigenvalue weighted by Crippen LogP contribution is -2.30. The molecule has 32 heavy (non-hydrogen) atoms. The number of rotatable bonds is 7. The van der Waals surface area contributed by atoms with Gasteiger partial charge >= 0.3 is 6.18 Å². The van der Waals surface area contributed by atoms with Crippen LogP contribution < -0.4 is 0 Å². The van der Waals surface area contributed by atoms with Gasteiger partial charge in [-0.2, -0.15) is 18.2 Å². The van der Waals surface area contributed by atoms with Crippen molar-refractivity contribution in [3.8, 4) is 0 Å². The molecular formula is C21H20F3N5O2S. The van der Waals surface area contributed by atoms with E-state index in [2.05, 4.69) is 15.1 Å². The number of aromatic nitrogens is 4. The highest BCUT2D eigenvalue weighted by Crippen LogP contribution is 2.27. The number of thiophene rings is 1. The molecule has 0 radical (unpaired) electrons. The van der Waals surface area contributed by atoms with Crippen LogP contribution in [0.2, 0.25) is 0 Å². The highest BCUT2D eigenvalue weighted by Gasteiger charge is 2.37. The molecule has 0 aliphatic carbocycles. The maximum absolute atomic E-state index is 13.1. The summed E-state index contributed by atoms with van der Waals surface area (Å²) in [4.78, 5) is 23.5. The predicted molar refractivity (Wildman–Crippen MR) is 111 cm³/mol. The Bertz CT molecular complexity index is 1180. The number of carbonyl (C=O) groups excluding carboxylic acids is 1. The fourth-order valence-electron chi connectivity index (χ4n) is 3.49. The molecule has 0 saturated carbocycles. The topological polar surface area (TPSA) is 76.5 Å². The second-order valence-corrected chi connectivity index (χ2v) is 8.35. The second-order valence-electron chi connectivity index (χ2n) is 7.31. The van der Waals surface area contributed by atoms with E-state index in [4.69, 9.17) is 4.42 Å². The molecule has 168 valence electrons. The Morgan fingerprint density at radius 1 is 1.19 bits per heavy atom. The first kappa shape index (κ1) is 22.0. The van der Waals surface area contributed by atoms with Crippen molar-refractivity contribution in [3.05, 3.63) is 69.3 Å². The number of hydrogen-bond donors (Lipinski definition) is 0. The zero-order valence-electron chi connectivity index (χ0n) is 17.4. The van der Waals surface area contributed by atoms with Gasteiger partial charge in [0, 0.05) is 22.7 Å². The summed E-state index contributed by atoms with van der Waals surface area (Å²) in [5, 5.41) is 5.51. The van der Waals surface area contributed by atoms with Gasteiger partial charge in [0.25, 0.3) is 11.6 Å². The molecule has 11 heteroatoms. The third-order valence-corrected chi connectivity index (χ3v) is 5.96. The Balaban J connectivity index is 1.54. The van der Waals surface area contributed by atoms with Gasteiger partial charge in [-0.15, -0.1) is 16.4 Å². The fraction of sp³-hybridized carbons (Fsp3) is 0.333. The van der Waals surface area contributed by atoms with Crippen molar-refractivity contribution in [2.24, 2.45) is 0 Å². The monoisotopic (exact) mass is 463 g/mol. The minimum Gasteiger partial charge on any atom is -0.467 e. The van der Waals surface area contributed by atoms with Crippen molar-refractivity contribution in [2.75, 3.05) is 0 Å². The molecule has 0 saturated heterocycles. The summed E-state index contributed by atoms with van der Waals surface area (Å²) in [6.45, 7) is 4.13. The van der Waals surface area contributed by atoms with Crippen molar-refractivity contribution >= 4 is 23.0 Å². The quantitative estimate of drug-likeness (QED) is 0.401. The zero-order chi connectivity index (χ0) is 22.9. The van der Waals surface area contributed by atoms with Crippen molar-refractivity contribution in [2.45, 2.75) is 46.0 Å². The van der Waals surface area contributed by atoms with Gasteiger partial charge in [-0.25, -0.2) is 9.50 Å². The largest absolute Gasteiger partial charge is 0.467 e. The van der Waals surface area contributed by atoms with Crippen LogP contribution in [-0.4, -0.2) is 30.4 Å². The third-order valence-electron chi connectivity index (χ3n) is 5.10. The maximum atomic E-state index is 13.1. The molecule has 0 N–H and O–H groups in total. The highest BCUT2D eigenvalue weighted by molar-refractivity contribution is 7.09. The minimum absolute atomic E-state index is 0.0942. The van der Waals surface area contributed by atoms with E-state index in [-0.39, 0.29) is 18.1 Å². The summed E-state index contributed by atoms with van der Waals surface area (Å²) >= 11 is 1.56. The average molecular weight is 463 g/mol. The molecule has 0 aliphatic heterocycles. The Labute approximate surface area is 185 Å².